The van der Waals surface area contributed by atoms with Crippen LogP contribution in [0.15, 0.2) is 41.3 Å². The van der Waals surface area contributed by atoms with Crippen LogP contribution in [0, 0.1) is 6.92 Å². The molecule has 0 saturated carbocycles. The SMILES string of the molecule is Cc1ccc2c(c1)CN(C(=O)NC(C)c1cc[nH]c(=O)c1)CCO2. The summed E-state index contributed by atoms with van der Waals surface area (Å²) < 4.78 is 5.72. The summed E-state index contributed by atoms with van der Waals surface area (Å²) in [6, 6.07) is 8.86. The first-order valence-corrected chi connectivity index (χ1v) is 7.99. The highest BCUT2D eigenvalue weighted by molar-refractivity contribution is 5.75. The van der Waals surface area contributed by atoms with Crippen molar-refractivity contribution in [1.29, 1.82) is 0 Å². The summed E-state index contributed by atoms with van der Waals surface area (Å²) in [5, 5.41) is 2.94. The molecule has 6 nitrogen and oxygen atoms in total. The number of aromatic nitrogens is 1. The lowest BCUT2D eigenvalue weighted by Gasteiger charge is -2.23. The van der Waals surface area contributed by atoms with Crippen LogP contribution in [0.3, 0.4) is 0 Å². The van der Waals surface area contributed by atoms with Crippen LogP contribution in [0.5, 0.6) is 5.75 Å². The minimum atomic E-state index is -0.249. The van der Waals surface area contributed by atoms with Gasteiger partial charge in [-0.2, -0.15) is 0 Å². The third-order valence-corrected chi connectivity index (χ3v) is 4.12. The number of nitrogens with zero attached hydrogens (tertiary/aromatic N) is 1. The predicted molar refractivity (Wildman–Crippen MR) is 91.1 cm³/mol. The lowest BCUT2D eigenvalue weighted by molar-refractivity contribution is 0.184. The van der Waals surface area contributed by atoms with E-state index in [1.807, 2.05) is 32.0 Å². The van der Waals surface area contributed by atoms with Crippen LogP contribution < -0.4 is 15.6 Å². The zero-order valence-corrected chi connectivity index (χ0v) is 13.8. The Balaban J connectivity index is 1.72. The number of amides is 2. The molecule has 3 rings (SSSR count). The molecule has 2 N–H and O–H groups in total. The second-order valence-electron chi connectivity index (χ2n) is 6.04. The molecule has 1 unspecified atom stereocenters. The van der Waals surface area contributed by atoms with E-state index < -0.39 is 0 Å². The van der Waals surface area contributed by atoms with Crippen LogP contribution >= 0.6 is 0 Å². The number of aryl methyl sites for hydroxylation is 1. The number of hydrogen-bond acceptors (Lipinski definition) is 3. The number of benzene rings is 1. The van der Waals surface area contributed by atoms with E-state index in [9.17, 15) is 9.59 Å². The van der Waals surface area contributed by atoms with Crippen molar-refractivity contribution in [3.8, 4) is 5.75 Å². The van der Waals surface area contributed by atoms with Gasteiger partial charge in [-0.1, -0.05) is 17.7 Å². The summed E-state index contributed by atoms with van der Waals surface area (Å²) in [5.74, 6) is 0.832. The molecule has 0 saturated heterocycles. The summed E-state index contributed by atoms with van der Waals surface area (Å²) in [4.78, 5) is 28.3. The standard InChI is InChI=1S/C18H21N3O3/c1-12-3-4-16-15(9-12)11-21(7-8-24-16)18(23)20-13(2)14-5-6-19-17(22)10-14/h3-6,9-10,13H,7-8,11H2,1-2H3,(H,19,22)(H,20,23). The molecule has 1 aromatic heterocycles. The highest BCUT2D eigenvalue weighted by Gasteiger charge is 2.21. The topological polar surface area (TPSA) is 74.4 Å². The number of pyridine rings is 1. The second-order valence-corrected chi connectivity index (χ2v) is 6.04. The van der Waals surface area contributed by atoms with Crippen molar-refractivity contribution in [3.63, 3.8) is 0 Å². The minimum absolute atomic E-state index is 0.166. The molecule has 0 spiro atoms. The number of fused-ring (bicyclic) bond motifs is 1. The Morgan fingerprint density at radius 1 is 1.33 bits per heavy atom. The van der Waals surface area contributed by atoms with Gasteiger partial charge in [-0.15, -0.1) is 0 Å². The largest absolute Gasteiger partial charge is 0.491 e. The molecule has 0 aliphatic carbocycles. The maximum atomic E-state index is 12.6. The van der Waals surface area contributed by atoms with Gasteiger partial charge in [-0.05, 0) is 31.5 Å². The molecular weight excluding hydrogens is 306 g/mol. The van der Waals surface area contributed by atoms with Crippen molar-refractivity contribution in [2.24, 2.45) is 0 Å². The van der Waals surface area contributed by atoms with Gasteiger partial charge < -0.3 is 19.9 Å². The summed E-state index contributed by atoms with van der Waals surface area (Å²) in [5.41, 5.74) is 2.73. The van der Waals surface area contributed by atoms with Crippen LogP contribution in [0.1, 0.15) is 29.7 Å². The lowest BCUT2D eigenvalue weighted by atomic mass is 10.1. The number of carbonyl (C=O) groups is 1. The fourth-order valence-corrected chi connectivity index (χ4v) is 2.79. The Bertz CT molecular complexity index is 800. The fraction of sp³-hybridized carbons (Fsp3) is 0.333. The van der Waals surface area contributed by atoms with E-state index >= 15 is 0 Å². The Kier molecular flexibility index (Phi) is 4.55. The lowest BCUT2D eigenvalue weighted by Crippen LogP contribution is -2.41. The van der Waals surface area contributed by atoms with Gasteiger partial charge in [-0.3, -0.25) is 4.79 Å². The molecule has 0 radical (unpaired) electrons. The number of aromatic amines is 1. The van der Waals surface area contributed by atoms with E-state index in [0.717, 1.165) is 22.4 Å². The molecule has 2 heterocycles. The van der Waals surface area contributed by atoms with Crippen molar-refractivity contribution in [2.75, 3.05) is 13.2 Å². The van der Waals surface area contributed by atoms with Crippen LogP contribution in [0.2, 0.25) is 0 Å². The summed E-state index contributed by atoms with van der Waals surface area (Å²) in [6.45, 7) is 5.36. The molecule has 6 heteroatoms. The number of hydrogen-bond donors (Lipinski definition) is 2. The third kappa shape index (κ3) is 3.59. The normalized spacial score (nSPS) is 15.0. The van der Waals surface area contributed by atoms with Crippen molar-refractivity contribution in [3.05, 3.63) is 63.6 Å². The van der Waals surface area contributed by atoms with Gasteiger partial charge in [0.1, 0.15) is 12.4 Å². The van der Waals surface area contributed by atoms with Crippen molar-refractivity contribution in [2.45, 2.75) is 26.4 Å². The molecule has 1 aliphatic heterocycles. The Morgan fingerprint density at radius 2 is 2.17 bits per heavy atom. The molecule has 24 heavy (non-hydrogen) atoms. The molecule has 2 amide bonds. The van der Waals surface area contributed by atoms with E-state index in [1.54, 1.807) is 17.2 Å². The highest BCUT2D eigenvalue weighted by Crippen LogP contribution is 2.24. The molecular formula is C18H21N3O3. The van der Waals surface area contributed by atoms with E-state index in [0.29, 0.717) is 19.7 Å². The zero-order chi connectivity index (χ0) is 17.1. The first-order valence-electron chi connectivity index (χ1n) is 7.99. The molecule has 0 bridgehead atoms. The van der Waals surface area contributed by atoms with Gasteiger partial charge in [-0.25, -0.2) is 4.79 Å². The third-order valence-electron chi connectivity index (χ3n) is 4.12. The van der Waals surface area contributed by atoms with Crippen LogP contribution in [0.4, 0.5) is 4.79 Å². The number of nitrogens with one attached hydrogen (secondary N) is 2. The van der Waals surface area contributed by atoms with Crippen molar-refractivity contribution < 1.29 is 9.53 Å². The predicted octanol–water partition coefficient (Wildman–Crippen LogP) is 2.35. The first-order chi connectivity index (χ1) is 11.5. The molecule has 1 aliphatic rings. The van der Waals surface area contributed by atoms with Gasteiger partial charge in [0.05, 0.1) is 19.1 Å². The monoisotopic (exact) mass is 327 g/mol. The Labute approximate surface area is 140 Å². The van der Waals surface area contributed by atoms with Gasteiger partial charge in [0, 0.05) is 17.8 Å². The molecule has 2 aromatic rings. The number of rotatable bonds is 2. The number of urea groups is 1. The van der Waals surface area contributed by atoms with E-state index in [-0.39, 0.29) is 17.6 Å². The summed E-state index contributed by atoms with van der Waals surface area (Å²) >= 11 is 0. The van der Waals surface area contributed by atoms with Gasteiger partial charge >= 0.3 is 6.03 Å². The fourth-order valence-electron chi connectivity index (χ4n) is 2.79. The van der Waals surface area contributed by atoms with E-state index in [2.05, 4.69) is 10.3 Å². The quantitative estimate of drug-likeness (QED) is 0.889. The number of H-pyrrole nitrogens is 1. The average molecular weight is 327 g/mol. The molecule has 126 valence electrons. The summed E-state index contributed by atoms with van der Waals surface area (Å²) in [7, 11) is 0. The van der Waals surface area contributed by atoms with E-state index in [4.69, 9.17) is 4.74 Å². The van der Waals surface area contributed by atoms with Crippen molar-refractivity contribution >= 4 is 6.03 Å². The van der Waals surface area contributed by atoms with E-state index in [1.165, 1.54) is 6.07 Å². The Morgan fingerprint density at radius 3 is 2.96 bits per heavy atom. The highest BCUT2D eigenvalue weighted by atomic mass is 16.5. The zero-order valence-electron chi connectivity index (χ0n) is 13.8. The van der Waals surface area contributed by atoms with Crippen molar-refractivity contribution in [1.82, 2.24) is 15.2 Å². The van der Waals surface area contributed by atoms with Gasteiger partial charge in [0.15, 0.2) is 0 Å². The van der Waals surface area contributed by atoms with Gasteiger partial charge in [0.25, 0.3) is 0 Å². The molecule has 0 fully saturated rings. The molecule has 1 aromatic carbocycles. The second kappa shape index (κ2) is 6.78. The maximum absolute atomic E-state index is 12.6. The maximum Gasteiger partial charge on any atom is 0.318 e. The average Bonchev–Trinajstić information content (AvgIpc) is 2.76. The van der Waals surface area contributed by atoms with Gasteiger partial charge in [0.2, 0.25) is 5.56 Å². The van der Waals surface area contributed by atoms with Crippen LogP contribution in [-0.2, 0) is 6.54 Å². The number of ether oxygens (including phenoxy) is 1. The smallest absolute Gasteiger partial charge is 0.318 e. The Hall–Kier alpha value is -2.76. The minimum Gasteiger partial charge on any atom is -0.491 e. The molecule has 1 atom stereocenters. The van der Waals surface area contributed by atoms with Crippen LogP contribution in [-0.4, -0.2) is 29.1 Å². The van der Waals surface area contributed by atoms with Crippen LogP contribution in [0.25, 0.3) is 0 Å². The summed E-state index contributed by atoms with van der Waals surface area (Å²) in [6.07, 6.45) is 1.58. The number of carbonyl (C=O) groups excluding carboxylic acids is 1. The first kappa shape index (κ1) is 16.1.